The summed E-state index contributed by atoms with van der Waals surface area (Å²) in [5.41, 5.74) is 2.94. The highest BCUT2D eigenvalue weighted by Crippen LogP contribution is 2.27. The summed E-state index contributed by atoms with van der Waals surface area (Å²) in [6.45, 7) is 10.5. The second-order valence-corrected chi connectivity index (χ2v) is 8.41. The van der Waals surface area contributed by atoms with Crippen molar-refractivity contribution in [3.63, 3.8) is 0 Å². The van der Waals surface area contributed by atoms with E-state index < -0.39 is 6.10 Å². The van der Waals surface area contributed by atoms with E-state index in [4.69, 9.17) is 4.74 Å². The van der Waals surface area contributed by atoms with Crippen LogP contribution in [-0.2, 0) is 4.74 Å². The summed E-state index contributed by atoms with van der Waals surface area (Å²) in [4.78, 5) is 12.7. The van der Waals surface area contributed by atoms with Crippen molar-refractivity contribution < 1.29 is 14.6 Å². The minimum Gasteiger partial charge on any atom is -0.381 e. The topological polar surface area (TPSA) is 46.5 Å². The molecule has 1 unspecified atom stereocenters. The molecule has 0 spiro atoms. The first-order chi connectivity index (χ1) is 14.9. The quantitative estimate of drug-likeness (QED) is 0.420. The lowest BCUT2D eigenvalue weighted by molar-refractivity contribution is 0.0748. The van der Waals surface area contributed by atoms with Crippen LogP contribution in [0.2, 0.25) is 0 Å². The Kier molecular flexibility index (Phi) is 10.2. The minimum absolute atomic E-state index is 0.286. The molecular weight excluding hydrogens is 384 g/mol. The Morgan fingerprint density at radius 2 is 1.23 bits per heavy atom. The molecule has 3 heteroatoms. The smallest absolute Gasteiger partial charge is 0.196 e. The zero-order chi connectivity index (χ0) is 22.6. The molecule has 3 rings (SSSR count). The number of hydrogen-bond donors (Lipinski definition) is 1. The summed E-state index contributed by atoms with van der Waals surface area (Å²) in [6.07, 6.45) is -1.15. The second kappa shape index (κ2) is 12.8. The molecule has 0 aliphatic rings. The van der Waals surface area contributed by atoms with Crippen molar-refractivity contribution >= 4 is 5.78 Å². The number of hydrogen-bond acceptors (Lipinski definition) is 3. The highest BCUT2D eigenvalue weighted by Gasteiger charge is 2.21. The fraction of sp³-hybridized carbons (Fsp3) is 0.321. The predicted molar refractivity (Wildman–Crippen MR) is 128 cm³/mol. The van der Waals surface area contributed by atoms with Crippen LogP contribution >= 0.6 is 0 Å². The van der Waals surface area contributed by atoms with Gasteiger partial charge in [-0.15, -0.1) is 0 Å². The van der Waals surface area contributed by atoms with Gasteiger partial charge in [0, 0.05) is 18.8 Å². The van der Waals surface area contributed by atoms with Gasteiger partial charge in [-0.1, -0.05) is 113 Å². The van der Waals surface area contributed by atoms with E-state index in [1.165, 1.54) is 0 Å². The van der Waals surface area contributed by atoms with E-state index in [1.807, 2.05) is 66.7 Å². The monoisotopic (exact) mass is 418 g/mol. The van der Waals surface area contributed by atoms with Gasteiger partial charge in [0.1, 0.15) is 6.10 Å². The van der Waals surface area contributed by atoms with Crippen LogP contribution in [0, 0.1) is 11.8 Å². The zero-order valence-electron chi connectivity index (χ0n) is 19.0. The lowest BCUT2D eigenvalue weighted by Crippen LogP contribution is -2.13. The van der Waals surface area contributed by atoms with Gasteiger partial charge in [-0.05, 0) is 28.5 Å². The van der Waals surface area contributed by atoms with Crippen LogP contribution in [0.15, 0.2) is 84.9 Å². The third-order valence-electron chi connectivity index (χ3n) is 4.54. The number of aliphatic hydroxyl groups is 1. The van der Waals surface area contributed by atoms with E-state index in [0.29, 0.717) is 23.0 Å². The number of Topliss-reactive ketones (excluding diaryl/α,β-unsaturated/α-hetero) is 1. The number of carbonyl (C=O) groups is 1. The number of carbonyl (C=O) groups excluding carboxylic acids is 1. The Labute approximate surface area is 186 Å². The van der Waals surface area contributed by atoms with Gasteiger partial charge in [0.15, 0.2) is 5.78 Å². The van der Waals surface area contributed by atoms with Gasteiger partial charge in [0.05, 0.1) is 0 Å². The molecule has 164 valence electrons. The number of ether oxygens (including phenoxy) is 1. The van der Waals surface area contributed by atoms with E-state index in [9.17, 15) is 9.90 Å². The maximum absolute atomic E-state index is 12.7. The average Bonchev–Trinajstić information content (AvgIpc) is 2.79. The Hall–Kier alpha value is -2.75. The van der Waals surface area contributed by atoms with Gasteiger partial charge >= 0.3 is 0 Å². The van der Waals surface area contributed by atoms with Crippen LogP contribution in [0.25, 0.3) is 11.1 Å². The third kappa shape index (κ3) is 8.12. The van der Waals surface area contributed by atoms with Crippen LogP contribution in [0.4, 0.5) is 0 Å². The lowest BCUT2D eigenvalue weighted by atomic mass is 9.93. The second-order valence-electron chi connectivity index (χ2n) is 8.41. The summed E-state index contributed by atoms with van der Waals surface area (Å²) >= 11 is 0. The maximum Gasteiger partial charge on any atom is 0.196 e. The van der Waals surface area contributed by atoms with Crippen molar-refractivity contribution in [1.29, 1.82) is 0 Å². The number of benzene rings is 3. The normalized spacial score (nSPS) is 11.7. The standard InChI is InChI=1S/C20H16O2.C8H18O/c21-19(16-11-5-2-6-12-16)20(22)18-14-8-7-13-17(18)15-9-3-1-4-10-15;1-7(2)5-9-6-8(3)4/h1-14,19,21H;7-8H,5-6H2,1-4H3. The maximum atomic E-state index is 12.7. The van der Waals surface area contributed by atoms with Crippen molar-refractivity contribution in [1.82, 2.24) is 0 Å². The lowest BCUT2D eigenvalue weighted by Gasteiger charge is -2.13. The van der Waals surface area contributed by atoms with Crippen LogP contribution < -0.4 is 0 Å². The van der Waals surface area contributed by atoms with Crippen LogP contribution in [-0.4, -0.2) is 24.1 Å². The fourth-order valence-electron chi connectivity index (χ4n) is 3.04. The number of ketones is 1. The van der Waals surface area contributed by atoms with E-state index in [0.717, 1.165) is 24.3 Å². The van der Waals surface area contributed by atoms with Gasteiger partial charge < -0.3 is 9.84 Å². The first kappa shape index (κ1) is 24.5. The molecule has 0 amide bonds. The van der Waals surface area contributed by atoms with Gasteiger partial charge in [-0.25, -0.2) is 0 Å². The molecule has 0 heterocycles. The Balaban J connectivity index is 0.000000323. The van der Waals surface area contributed by atoms with E-state index in [1.54, 1.807) is 18.2 Å². The molecule has 0 aromatic heterocycles. The van der Waals surface area contributed by atoms with Crippen molar-refractivity contribution in [3.05, 3.63) is 96.1 Å². The average molecular weight is 419 g/mol. The van der Waals surface area contributed by atoms with Crippen molar-refractivity contribution in [3.8, 4) is 11.1 Å². The predicted octanol–water partition coefficient (Wildman–Crippen LogP) is 6.58. The van der Waals surface area contributed by atoms with Gasteiger partial charge in [-0.2, -0.15) is 0 Å². The molecular formula is C28H34O3. The van der Waals surface area contributed by atoms with E-state index >= 15 is 0 Å². The molecule has 0 aliphatic heterocycles. The Morgan fingerprint density at radius 3 is 1.77 bits per heavy atom. The largest absolute Gasteiger partial charge is 0.381 e. The summed E-state index contributed by atoms with van der Waals surface area (Å²) in [6, 6.07) is 26.1. The molecule has 3 aromatic carbocycles. The molecule has 31 heavy (non-hydrogen) atoms. The molecule has 0 radical (unpaired) electrons. The zero-order valence-corrected chi connectivity index (χ0v) is 19.0. The molecule has 1 N–H and O–H groups in total. The van der Waals surface area contributed by atoms with Gasteiger partial charge in [-0.3, -0.25) is 4.79 Å². The van der Waals surface area contributed by atoms with E-state index in [-0.39, 0.29) is 5.78 Å². The number of rotatable bonds is 8. The molecule has 3 nitrogen and oxygen atoms in total. The molecule has 0 saturated heterocycles. The highest BCUT2D eigenvalue weighted by molar-refractivity contribution is 6.05. The van der Waals surface area contributed by atoms with Crippen LogP contribution in [0.3, 0.4) is 0 Å². The summed E-state index contributed by atoms with van der Waals surface area (Å²) in [5, 5.41) is 10.4. The third-order valence-corrected chi connectivity index (χ3v) is 4.54. The fourth-order valence-corrected chi connectivity index (χ4v) is 3.04. The Morgan fingerprint density at radius 1 is 0.742 bits per heavy atom. The molecule has 0 aliphatic carbocycles. The Bertz CT molecular complexity index is 894. The first-order valence-electron chi connectivity index (χ1n) is 10.9. The van der Waals surface area contributed by atoms with Crippen LogP contribution in [0.5, 0.6) is 0 Å². The minimum atomic E-state index is -1.15. The van der Waals surface area contributed by atoms with Crippen molar-refractivity contribution in [2.75, 3.05) is 13.2 Å². The SMILES string of the molecule is CC(C)COCC(C)C.O=C(c1ccccc1-c1ccccc1)C(O)c1ccccc1. The van der Waals surface area contributed by atoms with Crippen LogP contribution in [0.1, 0.15) is 49.7 Å². The molecule has 0 saturated carbocycles. The van der Waals surface area contributed by atoms with Crippen molar-refractivity contribution in [2.24, 2.45) is 11.8 Å². The summed E-state index contributed by atoms with van der Waals surface area (Å²) in [5.74, 6) is 1.05. The number of aliphatic hydroxyl groups excluding tert-OH is 1. The van der Waals surface area contributed by atoms with Gasteiger partial charge in [0.2, 0.25) is 0 Å². The summed E-state index contributed by atoms with van der Waals surface area (Å²) in [7, 11) is 0. The highest BCUT2D eigenvalue weighted by atomic mass is 16.5. The molecule has 0 bridgehead atoms. The molecule has 3 aromatic rings. The van der Waals surface area contributed by atoms with Crippen molar-refractivity contribution in [2.45, 2.75) is 33.8 Å². The first-order valence-corrected chi connectivity index (χ1v) is 10.9. The molecule has 1 atom stereocenters. The summed E-state index contributed by atoms with van der Waals surface area (Å²) < 4.78 is 5.36. The van der Waals surface area contributed by atoms with Gasteiger partial charge in [0.25, 0.3) is 0 Å². The molecule has 0 fully saturated rings. The van der Waals surface area contributed by atoms with E-state index in [2.05, 4.69) is 27.7 Å².